The number of rotatable bonds is 3. The standard InChI is InChI=1S/C6H13N/c1-3-4-5-6-7-2/h6H,3-5H2,1-2H3/b7-6+. The average Bonchev–Trinajstić information content (AvgIpc) is 1.69. The van der Waals surface area contributed by atoms with Gasteiger partial charge in [0.2, 0.25) is 0 Å². The molecule has 0 atom stereocenters. The SMILES string of the molecule is CCCC/C=N/C. The van der Waals surface area contributed by atoms with Crippen LogP contribution in [0.4, 0.5) is 0 Å². The van der Waals surface area contributed by atoms with Gasteiger partial charge in [0.25, 0.3) is 0 Å². The Balaban J connectivity index is 2.69. The van der Waals surface area contributed by atoms with Gasteiger partial charge >= 0.3 is 0 Å². The Labute approximate surface area is 45.5 Å². The molecule has 0 aromatic rings. The summed E-state index contributed by atoms with van der Waals surface area (Å²) in [5.41, 5.74) is 0. The molecule has 0 unspecified atom stereocenters. The van der Waals surface area contributed by atoms with Crippen molar-refractivity contribution < 1.29 is 0 Å². The van der Waals surface area contributed by atoms with Crippen molar-refractivity contribution in [2.45, 2.75) is 26.2 Å². The van der Waals surface area contributed by atoms with E-state index >= 15 is 0 Å². The smallest absolute Gasteiger partial charge is 0.0273 e. The maximum absolute atomic E-state index is 3.85. The molecule has 7 heavy (non-hydrogen) atoms. The van der Waals surface area contributed by atoms with Crippen LogP contribution in [0.25, 0.3) is 0 Å². The molecule has 0 aromatic carbocycles. The molecule has 0 spiro atoms. The van der Waals surface area contributed by atoms with Gasteiger partial charge in [0.15, 0.2) is 0 Å². The third kappa shape index (κ3) is 5.67. The highest BCUT2D eigenvalue weighted by molar-refractivity contribution is 5.56. The molecule has 1 heteroatoms. The summed E-state index contributed by atoms with van der Waals surface area (Å²) in [6.07, 6.45) is 5.65. The second-order valence-corrected chi connectivity index (χ2v) is 1.58. The van der Waals surface area contributed by atoms with Crippen molar-refractivity contribution in [3.05, 3.63) is 0 Å². The topological polar surface area (TPSA) is 12.4 Å². The lowest BCUT2D eigenvalue weighted by Gasteiger charge is -1.83. The number of aliphatic imine (C=N–C) groups is 1. The first-order valence-corrected chi connectivity index (χ1v) is 2.82. The minimum atomic E-state index is 1.15. The Morgan fingerprint density at radius 3 is 2.71 bits per heavy atom. The normalized spacial score (nSPS) is 10.6. The second kappa shape index (κ2) is 5.67. The maximum Gasteiger partial charge on any atom is 0.0273 e. The van der Waals surface area contributed by atoms with Crippen LogP contribution in [-0.4, -0.2) is 13.3 Å². The number of unbranched alkanes of at least 4 members (excludes halogenated alkanes) is 2. The summed E-state index contributed by atoms with van der Waals surface area (Å²) in [5, 5.41) is 0. The molecule has 0 aromatic heterocycles. The molecule has 0 aliphatic rings. The van der Waals surface area contributed by atoms with Crippen LogP contribution in [0.15, 0.2) is 4.99 Å². The minimum absolute atomic E-state index is 1.15. The summed E-state index contributed by atoms with van der Waals surface area (Å²) in [7, 11) is 1.82. The van der Waals surface area contributed by atoms with E-state index in [0.717, 1.165) is 6.42 Å². The van der Waals surface area contributed by atoms with E-state index in [0.29, 0.717) is 0 Å². The molecule has 0 N–H and O–H groups in total. The second-order valence-electron chi connectivity index (χ2n) is 1.58. The van der Waals surface area contributed by atoms with E-state index in [-0.39, 0.29) is 0 Å². The van der Waals surface area contributed by atoms with Crippen LogP contribution < -0.4 is 0 Å². The highest BCUT2D eigenvalue weighted by Crippen LogP contribution is 1.88. The summed E-state index contributed by atoms with van der Waals surface area (Å²) in [6, 6.07) is 0. The Bertz CT molecular complexity index is 48.1. The summed E-state index contributed by atoms with van der Waals surface area (Å²) in [4.78, 5) is 3.85. The molecule has 0 saturated heterocycles. The van der Waals surface area contributed by atoms with Crippen LogP contribution in [0.1, 0.15) is 26.2 Å². The van der Waals surface area contributed by atoms with Crippen LogP contribution in [-0.2, 0) is 0 Å². The first-order valence-electron chi connectivity index (χ1n) is 2.82. The zero-order valence-electron chi connectivity index (χ0n) is 5.15. The highest BCUT2D eigenvalue weighted by Gasteiger charge is 1.74. The molecular formula is C6H13N. The minimum Gasteiger partial charge on any atom is -0.301 e. The van der Waals surface area contributed by atoms with Crippen LogP contribution in [0, 0.1) is 0 Å². The maximum atomic E-state index is 3.85. The fourth-order valence-electron chi connectivity index (χ4n) is 0.425. The van der Waals surface area contributed by atoms with E-state index in [1.54, 1.807) is 0 Å². The Morgan fingerprint density at radius 2 is 2.29 bits per heavy atom. The predicted octanol–water partition coefficient (Wildman–Crippen LogP) is 1.88. The molecule has 0 rings (SSSR count). The summed E-state index contributed by atoms with van der Waals surface area (Å²) >= 11 is 0. The number of hydrogen-bond acceptors (Lipinski definition) is 1. The molecule has 0 fully saturated rings. The fourth-order valence-corrected chi connectivity index (χ4v) is 0.425. The van der Waals surface area contributed by atoms with Crippen molar-refractivity contribution in [3.8, 4) is 0 Å². The summed E-state index contributed by atoms with van der Waals surface area (Å²) in [5.74, 6) is 0. The number of nitrogens with zero attached hydrogens (tertiary/aromatic N) is 1. The molecule has 0 aliphatic carbocycles. The van der Waals surface area contributed by atoms with Crippen LogP contribution >= 0.6 is 0 Å². The van der Waals surface area contributed by atoms with Gasteiger partial charge in [-0.2, -0.15) is 0 Å². The van der Waals surface area contributed by atoms with Gasteiger partial charge in [0.1, 0.15) is 0 Å². The van der Waals surface area contributed by atoms with Gasteiger partial charge in [0.05, 0.1) is 0 Å². The van der Waals surface area contributed by atoms with Gasteiger partial charge in [0, 0.05) is 7.05 Å². The first-order chi connectivity index (χ1) is 3.41. The van der Waals surface area contributed by atoms with E-state index in [9.17, 15) is 0 Å². The zero-order chi connectivity index (χ0) is 5.54. The molecule has 0 amide bonds. The zero-order valence-corrected chi connectivity index (χ0v) is 5.15. The van der Waals surface area contributed by atoms with Gasteiger partial charge in [-0.1, -0.05) is 13.3 Å². The van der Waals surface area contributed by atoms with Crippen molar-refractivity contribution >= 4 is 6.21 Å². The van der Waals surface area contributed by atoms with Gasteiger partial charge in [-0.05, 0) is 19.1 Å². The lowest BCUT2D eigenvalue weighted by molar-refractivity contribution is 0.842. The lowest BCUT2D eigenvalue weighted by atomic mass is 10.3. The van der Waals surface area contributed by atoms with E-state index < -0.39 is 0 Å². The molecule has 0 heterocycles. The van der Waals surface area contributed by atoms with Crippen LogP contribution in [0.3, 0.4) is 0 Å². The largest absolute Gasteiger partial charge is 0.301 e. The molecule has 0 radical (unpaired) electrons. The Kier molecular flexibility index (Phi) is 5.40. The van der Waals surface area contributed by atoms with Crippen LogP contribution in [0.5, 0.6) is 0 Å². The van der Waals surface area contributed by atoms with Crippen molar-refractivity contribution in [3.63, 3.8) is 0 Å². The molecular weight excluding hydrogens is 86.1 g/mol. The quantitative estimate of drug-likeness (QED) is 0.378. The lowest BCUT2D eigenvalue weighted by Crippen LogP contribution is -1.72. The summed E-state index contributed by atoms with van der Waals surface area (Å²) in [6.45, 7) is 2.18. The fraction of sp³-hybridized carbons (Fsp3) is 0.833. The summed E-state index contributed by atoms with van der Waals surface area (Å²) < 4.78 is 0. The van der Waals surface area contributed by atoms with E-state index in [1.165, 1.54) is 12.8 Å². The van der Waals surface area contributed by atoms with Gasteiger partial charge in [-0.3, -0.25) is 0 Å². The Morgan fingerprint density at radius 1 is 1.57 bits per heavy atom. The van der Waals surface area contributed by atoms with E-state index in [2.05, 4.69) is 11.9 Å². The van der Waals surface area contributed by atoms with Gasteiger partial charge < -0.3 is 4.99 Å². The molecule has 42 valence electrons. The molecule has 0 saturated carbocycles. The van der Waals surface area contributed by atoms with E-state index in [4.69, 9.17) is 0 Å². The third-order valence-electron chi connectivity index (χ3n) is 0.869. The third-order valence-corrected chi connectivity index (χ3v) is 0.869. The van der Waals surface area contributed by atoms with Gasteiger partial charge in [-0.25, -0.2) is 0 Å². The first kappa shape index (κ1) is 6.67. The van der Waals surface area contributed by atoms with E-state index in [1.807, 2.05) is 13.3 Å². The molecule has 1 nitrogen and oxygen atoms in total. The average molecular weight is 99.2 g/mol. The van der Waals surface area contributed by atoms with Crippen molar-refractivity contribution in [2.75, 3.05) is 7.05 Å². The van der Waals surface area contributed by atoms with Crippen LogP contribution in [0.2, 0.25) is 0 Å². The molecule has 0 aliphatic heterocycles. The predicted molar refractivity (Wildman–Crippen MR) is 33.9 cm³/mol. The molecule has 0 bridgehead atoms. The Hall–Kier alpha value is -0.330. The van der Waals surface area contributed by atoms with Gasteiger partial charge in [-0.15, -0.1) is 0 Å². The highest BCUT2D eigenvalue weighted by atomic mass is 14.6. The number of hydrogen-bond donors (Lipinski definition) is 0. The van der Waals surface area contributed by atoms with Crippen molar-refractivity contribution in [1.82, 2.24) is 0 Å². The monoisotopic (exact) mass is 99.1 g/mol. The van der Waals surface area contributed by atoms with Crippen molar-refractivity contribution in [2.24, 2.45) is 4.99 Å². The van der Waals surface area contributed by atoms with Crippen molar-refractivity contribution in [1.29, 1.82) is 0 Å².